The Morgan fingerprint density at radius 1 is 1.18 bits per heavy atom. The van der Waals surface area contributed by atoms with E-state index in [-0.39, 0.29) is 0 Å². The number of hydrogen-bond acceptors (Lipinski definition) is 7. The Bertz CT molecular complexity index is 991. The van der Waals surface area contributed by atoms with E-state index >= 15 is 0 Å². The lowest BCUT2D eigenvalue weighted by molar-refractivity contribution is -0.277. The molecule has 5 N–H and O–H groups in total. The summed E-state index contributed by atoms with van der Waals surface area (Å²) in [5.74, 6) is 2.32. The third kappa shape index (κ3) is 3.96. The Balaban J connectivity index is 1.44. The van der Waals surface area contributed by atoms with E-state index in [9.17, 15) is 20.4 Å². The first-order valence-corrected chi connectivity index (χ1v) is 12.1. The molecule has 0 aliphatic carbocycles. The van der Waals surface area contributed by atoms with Crippen molar-refractivity contribution >= 4 is 10.9 Å². The molecule has 2 fully saturated rings. The van der Waals surface area contributed by atoms with Gasteiger partial charge in [0.2, 0.25) is 6.29 Å². The first-order valence-electron chi connectivity index (χ1n) is 12.1. The Labute approximate surface area is 194 Å². The number of benzene rings is 1. The van der Waals surface area contributed by atoms with E-state index < -0.39 is 37.3 Å². The lowest BCUT2D eigenvalue weighted by Crippen LogP contribution is -2.60. The third-order valence-electron chi connectivity index (χ3n) is 8.16. The number of aromatic nitrogens is 1. The van der Waals surface area contributed by atoms with E-state index in [1.54, 1.807) is 0 Å². The Morgan fingerprint density at radius 2 is 1.97 bits per heavy atom. The van der Waals surface area contributed by atoms with Gasteiger partial charge in [0.05, 0.1) is 6.61 Å². The number of rotatable bonds is 4. The van der Waals surface area contributed by atoms with Crippen molar-refractivity contribution in [3.05, 3.63) is 29.5 Å². The molecule has 4 heterocycles. The highest BCUT2D eigenvalue weighted by molar-refractivity contribution is 5.86. The molecule has 7 unspecified atom stereocenters. The molecule has 9 atom stereocenters. The predicted octanol–water partition coefficient (Wildman–Crippen LogP) is 1.35. The maximum Gasteiger partial charge on any atom is 0.229 e. The van der Waals surface area contributed by atoms with Crippen molar-refractivity contribution < 1.29 is 29.9 Å². The predicted molar refractivity (Wildman–Crippen MR) is 123 cm³/mol. The van der Waals surface area contributed by atoms with Crippen LogP contribution in [0.15, 0.2) is 18.2 Å². The number of piperidine rings is 1. The minimum Gasteiger partial charge on any atom is -0.462 e. The van der Waals surface area contributed by atoms with Crippen molar-refractivity contribution in [1.29, 1.82) is 0 Å². The number of ether oxygens (including phenoxy) is 2. The molecular weight excluding hydrogens is 424 g/mol. The van der Waals surface area contributed by atoms with Crippen LogP contribution < -0.4 is 4.74 Å². The normalized spacial score (nSPS) is 38.8. The van der Waals surface area contributed by atoms with Crippen molar-refractivity contribution in [2.75, 3.05) is 19.7 Å². The second kappa shape index (κ2) is 8.83. The minimum atomic E-state index is -1.46. The van der Waals surface area contributed by atoms with Gasteiger partial charge < -0.3 is 34.9 Å². The molecular formula is C25H36N2O6. The Hall–Kier alpha value is -1.68. The molecule has 0 amide bonds. The zero-order valence-corrected chi connectivity index (χ0v) is 19.5. The summed E-state index contributed by atoms with van der Waals surface area (Å²) in [5, 5.41) is 40.9. The van der Waals surface area contributed by atoms with Crippen LogP contribution in [0, 0.1) is 11.8 Å². The summed E-state index contributed by atoms with van der Waals surface area (Å²) in [5.41, 5.74) is 3.72. The Kier molecular flexibility index (Phi) is 6.18. The maximum absolute atomic E-state index is 10.3. The lowest BCUT2D eigenvalue weighted by Gasteiger charge is -2.43. The monoisotopic (exact) mass is 460 g/mol. The highest BCUT2D eigenvalue weighted by atomic mass is 16.7. The highest BCUT2D eigenvalue weighted by Crippen LogP contribution is 2.43. The molecule has 8 nitrogen and oxygen atoms in total. The summed E-state index contributed by atoms with van der Waals surface area (Å²) < 4.78 is 11.4. The fourth-order valence-corrected chi connectivity index (χ4v) is 5.92. The number of nitrogens with zero attached hydrogens (tertiary/aromatic N) is 1. The maximum atomic E-state index is 10.3. The first kappa shape index (κ1) is 23.1. The molecule has 5 rings (SSSR count). The molecule has 1 aromatic heterocycles. The minimum absolute atomic E-state index is 0.464. The van der Waals surface area contributed by atoms with Gasteiger partial charge >= 0.3 is 0 Å². The van der Waals surface area contributed by atoms with E-state index in [1.807, 2.05) is 18.2 Å². The van der Waals surface area contributed by atoms with E-state index in [0.717, 1.165) is 30.4 Å². The second-order valence-corrected chi connectivity index (χ2v) is 10.4. The number of aromatic amines is 1. The number of hydrogen-bond donors (Lipinski definition) is 5. The molecule has 182 valence electrons. The standard InChI is InChI=1S/C25H36N2O6/c1-12(2)14-8-17-13(3)27(10-14)7-6-16-18-9-15(4-5-19(18)26-21(16)17)32-25-24(31)23(30)22(29)20(11-28)33-25/h4-5,9,12-14,17,20,22-26,28-31H,6-8,10-11H2,1-3H3/t13?,14?,17?,20?,22-,23?,24?,25+/m1/s1. The van der Waals surface area contributed by atoms with Crippen LogP contribution in [0.4, 0.5) is 0 Å². The van der Waals surface area contributed by atoms with Crippen LogP contribution in [0.3, 0.4) is 0 Å². The van der Waals surface area contributed by atoms with Gasteiger partial charge in [-0.3, -0.25) is 4.90 Å². The highest BCUT2D eigenvalue weighted by Gasteiger charge is 2.45. The van der Waals surface area contributed by atoms with Gasteiger partial charge in [0.25, 0.3) is 0 Å². The van der Waals surface area contributed by atoms with Crippen LogP contribution in [-0.2, 0) is 11.2 Å². The van der Waals surface area contributed by atoms with Crippen LogP contribution in [-0.4, -0.2) is 86.8 Å². The number of fused-ring (bicyclic) bond motifs is 6. The quantitative estimate of drug-likeness (QED) is 0.467. The number of aliphatic hydroxyl groups is 4. The molecule has 2 saturated heterocycles. The summed E-state index contributed by atoms with van der Waals surface area (Å²) in [6.45, 7) is 8.69. The fraction of sp³-hybridized carbons (Fsp3) is 0.680. The number of aliphatic hydroxyl groups excluding tert-OH is 4. The molecule has 2 bridgehead atoms. The molecule has 33 heavy (non-hydrogen) atoms. The van der Waals surface area contributed by atoms with Crippen molar-refractivity contribution in [3.63, 3.8) is 0 Å². The fourth-order valence-electron chi connectivity index (χ4n) is 5.92. The van der Waals surface area contributed by atoms with Crippen LogP contribution in [0.5, 0.6) is 5.75 Å². The van der Waals surface area contributed by atoms with Crippen LogP contribution in [0.25, 0.3) is 10.9 Å². The van der Waals surface area contributed by atoms with Gasteiger partial charge in [0.15, 0.2) is 0 Å². The summed E-state index contributed by atoms with van der Waals surface area (Å²) in [4.78, 5) is 6.33. The topological polar surface area (TPSA) is 118 Å². The summed E-state index contributed by atoms with van der Waals surface area (Å²) in [6.07, 6.45) is -4.33. The van der Waals surface area contributed by atoms with E-state index in [1.165, 1.54) is 17.7 Å². The van der Waals surface area contributed by atoms with Crippen LogP contribution in [0.1, 0.15) is 44.4 Å². The van der Waals surface area contributed by atoms with Gasteiger partial charge in [-0.2, -0.15) is 0 Å². The molecule has 3 aliphatic rings. The molecule has 1 aromatic carbocycles. The third-order valence-corrected chi connectivity index (χ3v) is 8.16. The lowest BCUT2D eigenvalue weighted by atomic mass is 9.77. The molecule has 0 spiro atoms. The Morgan fingerprint density at radius 3 is 2.70 bits per heavy atom. The van der Waals surface area contributed by atoms with Gasteiger partial charge in [0, 0.05) is 41.6 Å². The average molecular weight is 461 g/mol. The smallest absolute Gasteiger partial charge is 0.229 e. The van der Waals surface area contributed by atoms with Gasteiger partial charge in [-0.15, -0.1) is 0 Å². The van der Waals surface area contributed by atoms with Crippen LogP contribution in [0.2, 0.25) is 0 Å². The van der Waals surface area contributed by atoms with Gasteiger partial charge in [-0.1, -0.05) is 13.8 Å². The van der Waals surface area contributed by atoms with E-state index in [2.05, 4.69) is 30.7 Å². The first-order chi connectivity index (χ1) is 15.8. The zero-order chi connectivity index (χ0) is 23.4. The van der Waals surface area contributed by atoms with Crippen molar-refractivity contribution in [3.8, 4) is 5.75 Å². The van der Waals surface area contributed by atoms with Gasteiger partial charge in [0.1, 0.15) is 30.2 Å². The molecule has 0 radical (unpaired) electrons. The summed E-state index contributed by atoms with van der Waals surface area (Å²) >= 11 is 0. The van der Waals surface area contributed by atoms with Crippen molar-refractivity contribution in [1.82, 2.24) is 9.88 Å². The van der Waals surface area contributed by atoms with E-state index in [4.69, 9.17) is 9.47 Å². The zero-order valence-electron chi connectivity index (χ0n) is 19.5. The number of nitrogens with one attached hydrogen (secondary N) is 1. The van der Waals surface area contributed by atoms with Gasteiger partial charge in [-0.05, 0) is 55.4 Å². The molecule has 2 aromatic rings. The molecule has 3 aliphatic heterocycles. The van der Waals surface area contributed by atoms with Crippen molar-refractivity contribution in [2.24, 2.45) is 11.8 Å². The average Bonchev–Trinajstić information content (AvgIpc) is 3.13. The summed E-state index contributed by atoms with van der Waals surface area (Å²) in [6, 6.07) is 6.25. The van der Waals surface area contributed by atoms with E-state index in [0.29, 0.717) is 29.5 Å². The molecule has 8 heteroatoms. The largest absolute Gasteiger partial charge is 0.462 e. The number of H-pyrrole nitrogens is 1. The van der Waals surface area contributed by atoms with Gasteiger partial charge in [-0.25, -0.2) is 0 Å². The van der Waals surface area contributed by atoms with Crippen LogP contribution >= 0.6 is 0 Å². The summed E-state index contributed by atoms with van der Waals surface area (Å²) in [7, 11) is 0. The van der Waals surface area contributed by atoms with Crippen molar-refractivity contribution in [2.45, 2.75) is 76.3 Å². The SMILES string of the molecule is CC(C)C1CC2c3[nH]c4ccc(O[C@H]5OC(CO)[C@@H](O)C(O)C5O)cc4c3CCN(C1)C2C. The second-order valence-electron chi connectivity index (χ2n) is 10.4. The molecule has 0 saturated carbocycles.